The molecule has 2 rings (SSSR count). The van der Waals surface area contributed by atoms with Gasteiger partial charge in [0.15, 0.2) is 0 Å². The number of aromatic nitrogens is 1. The average Bonchev–Trinajstić information content (AvgIpc) is 2.73. The summed E-state index contributed by atoms with van der Waals surface area (Å²) in [6.07, 6.45) is 0.782. The molecule has 2 N–H and O–H groups in total. The van der Waals surface area contributed by atoms with E-state index in [4.69, 9.17) is 9.15 Å². The van der Waals surface area contributed by atoms with E-state index in [-0.39, 0.29) is 29.8 Å². The zero-order valence-electron chi connectivity index (χ0n) is 13.7. The summed E-state index contributed by atoms with van der Waals surface area (Å²) in [6.45, 7) is 12.1. The summed E-state index contributed by atoms with van der Waals surface area (Å²) in [7, 11) is 0. The molecule has 6 heteroatoms. The topological polar surface area (TPSA) is 76.4 Å². The highest BCUT2D eigenvalue weighted by Crippen LogP contribution is 2.37. The lowest BCUT2D eigenvalue weighted by atomic mass is 9.95. The molecular formula is C15H25N3O3. The molecule has 1 aromatic heterocycles. The number of oxazole rings is 1. The number of amides is 2. The largest absolute Gasteiger partial charge is 0.444 e. The van der Waals surface area contributed by atoms with Crippen LogP contribution in [0.25, 0.3) is 0 Å². The van der Waals surface area contributed by atoms with Crippen LogP contribution in [-0.2, 0) is 11.3 Å². The summed E-state index contributed by atoms with van der Waals surface area (Å²) < 4.78 is 11.4. The summed E-state index contributed by atoms with van der Waals surface area (Å²) in [5.41, 5.74) is 0.245. The summed E-state index contributed by atoms with van der Waals surface area (Å²) >= 11 is 0. The number of nitrogens with one attached hydrogen (secondary N) is 2. The molecule has 1 fully saturated rings. The monoisotopic (exact) mass is 295 g/mol. The Hall–Kier alpha value is -1.56. The van der Waals surface area contributed by atoms with Gasteiger partial charge >= 0.3 is 6.03 Å². The molecule has 1 saturated heterocycles. The number of carbonyl (C=O) groups excluding carboxylic acids is 1. The molecular weight excluding hydrogens is 270 g/mol. The van der Waals surface area contributed by atoms with Gasteiger partial charge in [-0.2, -0.15) is 0 Å². The normalized spacial score (nSPS) is 23.0. The van der Waals surface area contributed by atoms with E-state index >= 15 is 0 Å². The fourth-order valence-corrected chi connectivity index (χ4v) is 2.77. The molecule has 6 nitrogen and oxygen atoms in total. The highest BCUT2D eigenvalue weighted by molar-refractivity contribution is 5.74. The summed E-state index contributed by atoms with van der Waals surface area (Å²) in [4.78, 5) is 16.2. The van der Waals surface area contributed by atoms with Gasteiger partial charge in [0.05, 0.1) is 29.5 Å². The molecule has 0 aliphatic carbocycles. The zero-order chi connectivity index (χ0) is 15.8. The fourth-order valence-electron chi connectivity index (χ4n) is 2.77. The van der Waals surface area contributed by atoms with E-state index in [1.807, 2.05) is 41.5 Å². The van der Waals surface area contributed by atoms with Crippen LogP contribution >= 0.6 is 0 Å². The first-order chi connectivity index (χ1) is 9.59. The second-order valence-electron chi connectivity index (χ2n) is 6.80. The molecule has 0 spiro atoms. The maximum atomic E-state index is 12.0. The lowest BCUT2D eigenvalue weighted by molar-refractivity contribution is -0.0690. The van der Waals surface area contributed by atoms with Crippen LogP contribution in [0.1, 0.15) is 51.5 Å². The Morgan fingerprint density at radius 3 is 2.48 bits per heavy atom. The molecule has 0 bridgehead atoms. The quantitative estimate of drug-likeness (QED) is 0.898. The highest BCUT2D eigenvalue weighted by atomic mass is 16.5. The van der Waals surface area contributed by atoms with Crippen LogP contribution in [0.15, 0.2) is 4.42 Å². The van der Waals surface area contributed by atoms with Crippen LogP contribution in [-0.4, -0.2) is 28.3 Å². The van der Waals surface area contributed by atoms with E-state index in [9.17, 15) is 4.79 Å². The molecule has 1 aliphatic heterocycles. The van der Waals surface area contributed by atoms with Crippen molar-refractivity contribution in [1.82, 2.24) is 15.6 Å². The Kier molecular flexibility index (Phi) is 4.02. The molecule has 2 amide bonds. The minimum Gasteiger partial charge on any atom is -0.444 e. The number of nitrogens with zero attached hydrogens (tertiary/aromatic N) is 1. The summed E-state index contributed by atoms with van der Waals surface area (Å²) in [6, 6.07) is -0.261. The predicted octanol–water partition coefficient (Wildman–Crippen LogP) is 2.44. The fraction of sp³-hybridized carbons (Fsp3) is 0.733. The van der Waals surface area contributed by atoms with Gasteiger partial charge < -0.3 is 19.8 Å². The zero-order valence-corrected chi connectivity index (χ0v) is 13.7. The Labute approximate surface area is 125 Å². The first-order valence-corrected chi connectivity index (χ1v) is 7.26. The first kappa shape index (κ1) is 15.8. The van der Waals surface area contributed by atoms with E-state index in [1.165, 1.54) is 0 Å². The Balaban J connectivity index is 1.87. The second kappa shape index (κ2) is 5.33. The Bertz CT molecular complexity index is 515. The first-order valence-electron chi connectivity index (χ1n) is 7.26. The number of ether oxygens (including phenoxy) is 1. The van der Waals surface area contributed by atoms with Crippen LogP contribution in [0.3, 0.4) is 0 Å². The molecule has 21 heavy (non-hydrogen) atoms. The van der Waals surface area contributed by atoms with E-state index in [0.717, 1.165) is 17.9 Å². The smallest absolute Gasteiger partial charge is 0.315 e. The molecule has 1 atom stereocenters. The maximum absolute atomic E-state index is 12.0. The SMILES string of the molecule is Cc1nc(CNC(=O)N[C@H]2CC(C)(C)OC2(C)C)oc1C. The third-order valence-electron chi connectivity index (χ3n) is 3.85. The number of aryl methyl sites for hydroxylation is 2. The van der Waals surface area contributed by atoms with Gasteiger partial charge in [0, 0.05) is 0 Å². The van der Waals surface area contributed by atoms with Gasteiger partial charge in [-0.25, -0.2) is 9.78 Å². The van der Waals surface area contributed by atoms with Crippen molar-refractivity contribution in [1.29, 1.82) is 0 Å². The number of rotatable bonds is 3. The molecule has 0 aromatic carbocycles. The predicted molar refractivity (Wildman–Crippen MR) is 79.0 cm³/mol. The third-order valence-corrected chi connectivity index (χ3v) is 3.85. The molecule has 0 unspecified atom stereocenters. The van der Waals surface area contributed by atoms with Crippen LogP contribution in [0.5, 0.6) is 0 Å². The minimum absolute atomic E-state index is 0.0273. The number of carbonyl (C=O) groups is 1. The average molecular weight is 295 g/mol. The number of hydrogen-bond acceptors (Lipinski definition) is 4. The van der Waals surface area contributed by atoms with Gasteiger partial charge in [0.1, 0.15) is 5.76 Å². The summed E-state index contributed by atoms with van der Waals surface area (Å²) in [5.74, 6) is 1.29. The van der Waals surface area contributed by atoms with Gasteiger partial charge in [0.2, 0.25) is 5.89 Å². The Morgan fingerprint density at radius 2 is 2.00 bits per heavy atom. The van der Waals surface area contributed by atoms with Crippen LogP contribution in [0.2, 0.25) is 0 Å². The van der Waals surface area contributed by atoms with Crippen molar-refractivity contribution in [2.24, 2.45) is 0 Å². The summed E-state index contributed by atoms with van der Waals surface area (Å²) in [5, 5.41) is 5.74. The number of hydrogen-bond donors (Lipinski definition) is 2. The van der Waals surface area contributed by atoms with Gasteiger partial charge in [-0.1, -0.05) is 0 Å². The van der Waals surface area contributed by atoms with E-state index < -0.39 is 0 Å². The van der Waals surface area contributed by atoms with Crippen molar-refractivity contribution < 1.29 is 13.9 Å². The Morgan fingerprint density at radius 1 is 1.33 bits per heavy atom. The van der Waals surface area contributed by atoms with Crippen molar-refractivity contribution in [3.05, 3.63) is 17.3 Å². The van der Waals surface area contributed by atoms with Crippen molar-refractivity contribution in [2.75, 3.05) is 0 Å². The molecule has 0 radical (unpaired) electrons. The lowest BCUT2D eigenvalue weighted by Gasteiger charge is -2.27. The molecule has 0 saturated carbocycles. The molecule has 1 aliphatic rings. The van der Waals surface area contributed by atoms with Gasteiger partial charge in [-0.3, -0.25) is 0 Å². The van der Waals surface area contributed by atoms with Crippen LogP contribution < -0.4 is 10.6 Å². The lowest BCUT2D eigenvalue weighted by Crippen LogP contribution is -2.49. The van der Waals surface area contributed by atoms with Crippen molar-refractivity contribution in [3.8, 4) is 0 Å². The van der Waals surface area contributed by atoms with E-state index in [0.29, 0.717) is 5.89 Å². The third kappa shape index (κ3) is 3.75. The standard InChI is InChI=1S/C15H25N3O3/c1-9-10(2)20-12(17-9)8-16-13(19)18-11-7-14(3,4)21-15(11,5)6/h11H,7-8H2,1-6H3,(H2,16,18,19)/t11-/m0/s1. The van der Waals surface area contributed by atoms with Crippen molar-refractivity contribution >= 4 is 6.03 Å². The molecule has 2 heterocycles. The highest BCUT2D eigenvalue weighted by Gasteiger charge is 2.46. The van der Waals surface area contributed by atoms with Crippen LogP contribution in [0.4, 0.5) is 4.79 Å². The van der Waals surface area contributed by atoms with Gasteiger partial charge in [-0.15, -0.1) is 0 Å². The van der Waals surface area contributed by atoms with Crippen molar-refractivity contribution in [2.45, 2.75) is 71.8 Å². The maximum Gasteiger partial charge on any atom is 0.315 e. The van der Waals surface area contributed by atoms with E-state index in [2.05, 4.69) is 15.6 Å². The van der Waals surface area contributed by atoms with E-state index in [1.54, 1.807) is 0 Å². The molecule has 118 valence electrons. The van der Waals surface area contributed by atoms with Gasteiger partial charge in [-0.05, 0) is 48.0 Å². The van der Waals surface area contributed by atoms with Gasteiger partial charge in [0.25, 0.3) is 0 Å². The van der Waals surface area contributed by atoms with Crippen LogP contribution in [0, 0.1) is 13.8 Å². The second-order valence-corrected chi connectivity index (χ2v) is 6.80. The number of urea groups is 1. The van der Waals surface area contributed by atoms with Crippen molar-refractivity contribution in [3.63, 3.8) is 0 Å². The molecule has 1 aromatic rings. The minimum atomic E-state index is -0.378.